The van der Waals surface area contributed by atoms with Crippen LogP contribution < -0.4 is 10.6 Å². The van der Waals surface area contributed by atoms with Crippen molar-refractivity contribution in [2.24, 2.45) is 0 Å². The summed E-state index contributed by atoms with van der Waals surface area (Å²) in [5, 5.41) is 4.60. The maximum atomic E-state index is 13.0. The number of carbonyl (C=O) groups excluding carboxylic acids is 3. The number of aromatic nitrogens is 1. The first kappa shape index (κ1) is 21.7. The molecule has 0 bridgehead atoms. The molecule has 2 aromatic carbocycles. The number of nitrogens with zero attached hydrogens (tertiary/aromatic N) is 1. The van der Waals surface area contributed by atoms with Gasteiger partial charge in [0.15, 0.2) is 17.8 Å². The molecule has 0 aliphatic carbocycles. The lowest BCUT2D eigenvalue weighted by molar-refractivity contribution is -0.154. The second-order valence-electron chi connectivity index (χ2n) is 6.57. The van der Waals surface area contributed by atoms with Crippen LogP contribution in [0.1, 0.15) is 19.2 Å². The number of benzene rings is 2. The zero-order chi connectivity index (χ0) is 22.2. The molecular formula is C22H20FN3O5. The average Bonchev–Trinajstić information content (AvgIpc) is 3.22. The number of oxazole rings is 1. The third-order valence-corrected chi connectivity index (χ3v) is 4.17. The second kappa shape index (κ2) is 10.1. The topological polar surface area (TPSA) is 111 Å². The maximum Gasteiger partial charge on any atom is 0.325 e. The SMILES string of the molecule is CC(OC(=O)CCc1ncc(-c2ccc(F)cc2)o1)C(=O)NC(=O)Nc1ccccc1. The first-order chi connectivity index (χ1) is 14.9. The molecule has 3 rings (SSSR count). The van der Waals surface area contributed by atoms with Gasteiger partial charge < -0.3 is 14.5 Å². The molecule has 0 saturated carbocycles. The smallest absolute Gasteiger partial charge is 0.325 e. The van der Waals surface area contributed by atoms with Crippen molar-refractivity contribution >= 4 is 23.6 Å². The van der Waals surface area contributed by atoms with Crippen LogP contribution in [0.4, 0.5) is 14.9 Å². The van der Waals surface area contributed by atoms with Gasteiger partial charge in [-0.3, -0.25) is 14.9 Å². The highest BCUT2D eigenvalue weighted by Gasteiger charge is 2.20. The lowest BCUT2D eigenvalue weighted by Crippen LogP contribution is -2.41. The zero-order valence-corrected chi connectivity index (χ0v) is 16.6. The Balaban J connectivity index is 1.43. The van der Waals surface area contributed by atoms with Gasteiger partial charge in [-0.1, -0.05) is 18.2 Å². The minimum Gasteiger partial charge on any atom is -0.453 e. The second-order valence-corrected chi connectivity index (χ2v) is 6.57. The van der Waals surface area contributed by atoms with E-state index in [1.54, 1.807) is 42.5 Å². The fourth-order valence-electron chi connectivity index (χ4n) is 2.59. The number of halogens is 1. The number of rotatable bonds is 7. The van der Waals surface area contributed by atoms with Crippen LogP contribution >= 0.6 is 0 Å². The van der Waals surface area contributed by atoms with E-state index in [0.717, 1.165) is 0 Å². The van der Waals surface area contributed by atoms with E-state index in [9.17, 15) is 18.8 Å². The Bertz CT molecular complexity index is 1050. The number of urea groups is 1. The number of amides is 3. The molecule has 31 heavy (non-hydrogen) atoms. The number of hydrogen-bond acceptors (Lipinski definition) is 6. The van der Waals surface area contributed by atoms with E-state index in [1.165, 1.54) is 25.3 Å². The predicted octanol–water partition coefficient (Wildman–Crippen LogP) is 3.69. The number of hydrogen-bond donors (Lipinski definition) is 2. The van der Waals surface area contributed by atoms with Crippen molar-refractivity contribution in [3.05, 3.63) is 72.5 Å². The van der Waals surface area contributed by atoms with Crippen LogP contribution in [0.25, 0.3) is 11.3 Å². The molecule has 2 N–H and O–H groups in total. The molecule has 160 valence electrons. The van der Waals surface area contributed by atoms with Crippen molar-refractivity contribution in [2.45, 2.75) is 25.9 Å². The summed E-state index contributed by atoms with van der Waals surface area (Å²) in [7, 11) is 0. The number of imide groups is 1. The molecular weight excluding hydrogens is 405 g/mol. The minimum atomic E-state index is -1.16. The molecule has 0 aliphatic rings. The number of ether oxygens (including phenoxy) is 1. The van der Waals surface area contributed by atoms with Gasteiger partial charge in [-0.15, -0.1) is 0 Å². The van der Waals surface area contributed by atoms with Gasteiger partial charge in [0, 0.05) is 17.7 Å². The minimum absolute atomic E-state index is 0.0722. The third kappa shape index (κ3) is 6.49. The van der Waals surface area contributed by atoms with Gasteiger partial charge in [0.25, 0.3) is 5.91 Å². The van der Waals surface area contributed by atoms with Crippen LogP contribution in [0.15, 0.2) is 65.2 Å². The summed E-state index contributed by atoms with van der Waals surface area (Å²) in [6.07, 6.45) is 0.406. The fraction of sp³-hybridized carbons (Fsp3) is 0.182. The van der Waals surface area contributed by atoms with Crippen LogP contribution in [0, 0.1) is 5.82 Å². The average molecular weight is 425 g/mol. The van der Waals surface area contributed by atoms with E-state index in [4.69, 9.17) is 9.15 Å². The lowest BCUT2D eigenvalue weighted by atomic mass is 10.2. The standard InChI is InChI=1S/C22H20FN3O5/c1-14(21(28)26-22(29)25-17-5-3-2-4-6-17)30-20(27)12-11-19-24-13-18(31-19)15-7-9-16(23)10-8-15/h2-10,13-14H,11-12H2,1H3,(H2,25,26,28,29). The molecule has 9 heteroatoms. The van der Waals surface area contributed by atoms with E-state index >= 15 is 0 Å². The van der Waals surface area contributed by atoms with E-state index < -0.39 is 24.0 Å². The summed E-state index contributed by atoms with van der Waals surface area (Å²) in [6.45, 7) is 1.36. The lowest BCUT2D eigenvalue weighted by Gasteiger charge is -2.13. The molecule has 0 saturated heterocycles. The number of anilines is 1. The van der Waals surface area contributed by atoms with Gasteiger partial charge in [-0.25, -0.2) is 14.2 Å². The first-order valence-electron chi connectivity index (χ1n) is 9.48. The van der Waals surface area contributed by atoms with Crippen LogP contribution in [0.2, 0.25) is 0 Å². The number of aryl methyl sites for hydroxylation is 1. The quantitative estimate of drug-likeness (QED) is 0.559. The van der Waals surface area contributed by atoms with Crippen LogP contribution in [-0.2, 0) is 20.7 Å². The summed E-state index contributed by atoms with van der Waals surface area (Å²) < 4.78 is 23.6. The molecule has 0 radical (unpaired) electrons. The van der Waals surface area contributed by atoms with Crippen molar-refractivity contribution < 1.29 is 27.9 Å². The molecule has 1 unspecified atom stereocenters. The largest absolute Gasteiger partial charge is 0.453 e. The fourth-order valence-corrected chi connectivity index (χ4v) is 2.59. The summed E-state index contributed by atoms with van der Waals surface area (Å²) in [5.41, 5.74) is 1.17. The van der Waals surface area contributed by atoms with Crippen molar-refractivity contribution in [2.75, 3.05) is 5.32 Å². The van der Waals surface area contributed by atoms with Crippen molar-refractivity contribution in [1.82, 2.24) is 10.3 Å². The molecule has 0 aliphatic heterocycles. The third-order valence-electron chi connectivity index (χ3n) is 4.17. The Hall–Kier alpha value is -4.01. The number of esters is 1. The van der Waals surface area contributed by atoms with Gasteiger partial charge in [0.2, 0.25) is 0 Å². The van der Waals surface area contributed by atoms with E-state index in [0.29, 0.717) is 22.9 Å². The van der Waals surface area contributed by atoms with Crippen molar-refractivity contribution in [1.29, 1.82) is 0 Å². The zero-order valence-electron chi connectivity index (χ0n) is 16.6. The normalized spacial score (nSPS) is 11.4. The van der Waals surface area contributed by atoms with Gasteiger partial charge in [0.05, 0.1) is 12.6 Å². The molecule has 0 spiro atoms. The van der Waals surface area contributed by atoms with Crippen LogP contribution in [0.3, 0.4) is 0 Å². The molecule has 8 nitrogen and oxygen atoms in total. The van der Waals surface area contributed by atoms with Crippen LogP contribution in [-0.4, -0.2) is 29.0 Å². The van der Waals surface area contributed by atoms with Gasteiger partial charge in [-0.05, 0) is 43.3 Å². The Kier molecular flexibility index (Phi) is 7.10. The molecule has 1 atom stereocenters. The van der Waals surface area contributed by atoms with E-state index in [-0.39, 0.29) is 18.7 Å². The summed E-state index contributed by atoms with van der Waals surface area (Å²) in [5.74, 6) is -1.01. The Labute approximate surface area is 177 Å². The predicted molar refractivity (Wildman–Crippen MR) is 109 cm³/mol. The van der Waals surface area contributed by atoms with E-state index in [1.807, 2.05) is 0 Å². The monoisotopic (exact) mass is 425 g/mol. The Morgan fingerprint density at radius 1 is 1.10 bits per heavy atom. The van der Waals surface area contributed by atoms with Crippen molar-refractivity contribution in [3.63, 3.8) is 0 Å². The Morgan fingerprint density at radius 3 is 2.52 bits per heavy atom. The maximum absolute atomic E-state index is 13.0. The highest BCUT2D eigenvalue weighted by Crippen LogP contribution is 2.21. The van der Waals surface area contributed by atoms with Gasteiger partial charge >= 0.3 is 12.0 Å². The molecule has 3 aromatic rings. The molecule has 1 heterocycles. The van der Waals surface area contributed by atoms with Gasteiger partial charge in [-0.2, -0.15) is 0 Å². The number of para-hydroxylation sites is 1. The molecule has 3 amide bonds. The first-order valence-corrected chi connectivity index (χ1v) is 9.48. The van der Waals surface area contributed by atoms with E-state index in [2.05, 4.69) is 15.6 Å². The van der Waals surface area contributed by atoms with Crippen LogP contribution in [0.5, 0.6) is 0 Å². The molecule has 1 aromatic heterocycles. The Morgan fingerprint density at radius 2 is 1.81 bits per heavy atom. The summed E-state index contributed by atoms with van der Waals surface area (Å²) in [6, 6.07) is 13.6. The van der Waals surface area contributed by atoms with Crippen molar-refractivity contribution in [3.8, 4) is 11.3 Å². The summed E-state index contributed by atoms with van der Waals surface area (Å²) >= 11 is 0. The number of carbonyl (C=O) groups is 3. The molecule has 0 fully saturated rings. The number of nitrogens with one attached hydrogen (secondary N) is 2. The summed E-state index contributed by atoms with van der Waals surface area (Å²) in [4.78, 5) is 40.0. The van der Waals surface area contributed by atoms with Gasteiger partial charge in [0.1, 0.15) is 5.82 Å². The highest BCUT2D eigenvalue weighted by atomic mass is 19.1. The highest BCUT2D eigenvalue weighted by molar-refractivity contribution is 6.02.